The Kier molecular flexibility index (Phi) is 6.91. The number of halogens is 1. The molecule has 0 aliphatic carbocycles. The van der Waals surface area contributed by atoms with Crippen molar-refractivity contribution in [3.8, 4) is 5.75 Å². The molecular weight excluding hydrogens is 261 g/mol. The highest BCUT2D eigenvalue weighted by atomic mass is 19.1. The monoisotopic (exact) mass is 285 g/mol. The molecular formula is C15H24FNO3. The molecule has 0 amide bonds. The van der Waals surface area contributed by atoms with E-state index in [1.165, 1.54) is 6.07 Å². The molecule has 1 rings (SSSR count). The number of nitrogens with zero attached hydrogens (tertiary/aromatic N) is 1. The van der Waals surface area contributed by atoms with Gasteiger partial charge in [0.05, 0.1) is 13.2 Å². The van der Waals surface area contributed by atoms with Gasteiger partial charge in [-0.25, -0.2) is 4.39 Å². The molecule has 0 aliphatic heterocycles. The van der Waals surface area contributed by atoms with Gasteiger partial charge < -0.3 is 14.6 Å². The van der Waals surface area contributed by atoms with Crippen molar-refractivity contribution in [1.29, 1.82) is 0 Å². The van der Waals surface area contributed by atoms with Crippen LogP contribution in [0.2, 0.25) is 0 Å². The summed E-state index contributed by atoms with van der Waals surface area (Å²) in [4.78, 5) is 2.17. The number of aromatic hydroxyl groups is 1. The molecule has 0 saturated carbocycles. The topological polar surface area (TPSA) is 41.9 Å². The molecule has 0 saturated heterocycles. The summed E-state index contributed by atoms with van der Waals surface area (Å²) in [5.41, 5.74) is 0.699. The van der Waals surface area contributed by atoms with Gasteiger partial charge in [-0.15, -0.1) is 0 Å². The van der Waals surface area contributed by atoms with Crippen LogP contribution in [-0.4, -0.2) is 50.0 Å². The van der Waals surface area contributed by atoms with Crippen LogP contribution in [0.3, 0.4) is 0 Å². The third kappa shape index (κ3) is 4.44. The van der Waals surface area contributed by atoms with Crippen LogP contribution in [0.15, 0.2) is 18.2 Å². The first kappa shape index (κ1) is 16.9. The first-order chi connectivity index (χ1) is 9.51. The van der Waals surface area contributed by atoms with Gasteiger partial charge in [-0.05, 0) is 19.9 Å². The smallest absolute Gasteiger partial charge is 0.126 e. The number of phenolic OH excluding ortho intramolecular Hbond substituents is 1. The number of methoxy groups -OCH3 is 2. The third-order valence-corrected chi connectivity index (χ3v) is 3.47. The van der Waals surface area contributed by atoms with Crippen LogP contribution in [0.25, 0.3) is 0 Å². The fraction of sp³-hybridized carbons (Fsp3) is 0.600. The lowest BCUT2D eigenvalue weighted by atomic mass is 10.0. The van der Waals surface area contributed by atoms with E-state index in [0.717, 1.165) is 6.07 Å². The second kappa shape index (κ2) is 8.19. The molecule has 2 unspecified atom stereocenters. The maximum Gasteiger partial charge on any atom is 0.126 e. The normalized spacial score (nSPS) is 14.5. The minimum absolute atomic E-state index is 0.0236. The van der Waals surface area contributed by atoms with Crippen LogP contribution in [-0.2, 0) is 9.47 Å². The van der Waals surface area contributed by atoms with Crippen molar-refractivity contribution in [2.75, 3.05) is 34.0 Å². The lowest BCUT2D eigenvalue weighted by molar-refractivity contribution is 0.0508. The molecule has 1 aromatic carbocycles. The van der Waals surface area contributed by atoms with E-state index in [1.807, 2.05) is 6.92 Å². The van der Waals surface area contributed by atoms with E-state index in [1.54, 1.807) is 20.3 Å². The minimum atomic E-state index is -0.438. The molecule has 0 bridgehead atoms. The number of hydrogen-bond donors (Lipinski definition) is 1. The zero-order valence-electron chi connectivity index (χ0n) is 12.6. The van der Waals surface area contributed by atoms with E-state index >= 15 is 0 Å². The Morgan fingerprint density at radius 1 is 1.25 bits per heavy atom. The number of hydrogen-bond acceptors (Lipinski definition) is 4. The van der Waals surface area contributed by atoms with Gasteiger partial charge in [0.1, 0.15) is 11.6 Å². The zero-order chi connectivity index (χ0) is 15.1. The van der Waals surface area contributed by atoms with E-state index < -0.39 is 5.82 Å². The second-order valence-electron chi connectivity index (χ2n) is 4.91. The predicted molar refractivity (Wildman–Crippen MR) is 76.4 cm³/mol. The average molecular weight is 285 g/mol. The molecule has 2 atom stereocenters. The summed E-state index contributed by atoms with van der Waals surface area (Å²) < 4.78 is 23.4. The van der Waals surface area contributed by atoms with Gasteiger partial charge in [0, 0.05) is 44.5 Å². The molecule has 114 valence electrons. The van der Waals surface area contributed by atoms with Gasteiger partial charge in [-0.2, -0.15) is 0 Å². The molecule has 0 radical (unpaired) electrons. The van der Waals surface area contributed by atoms with Crippen LogP contribution < -0.4 is 0 Å². The van der Waals surface area contributed by atoms with Crippen molar-refractivity contribution < 1.29 is 19.0 Å². The van der Waals surface area contributed by atoms with Crippen LogP contribution in [0.4, 0.5) is 4.39 Å². The maximum atomic E-state index is 13.1. The summed E-state index contributed by atoms with van der Waals surface area (Å²) >= 11 is 0. The average Bonchev–Trinajstić information content (AvgIpc) is 2.39. The summed E-state index contributed by atoms with van der Waals surface area (Å²) in [5, 5.41) is 9.92. The molecule has 1 aromatic rings. The van der Waals surface area contributed by atoms with Gasteiger partial charge in [0.25, 0.3) is 0 Å². The molecule has 0 aromatic heterocycles. The zero-order valence-corrected chi connectivity index (χ0v) is 12.6. The van der Waals surface area contributed by atoms with Crippen LogP contribution >= 0.6 is 0 Å². The Labute approximate surface area is 120 Å². The summed E-state index contributed by atoms with van der Waals surface area (Å²) in [7, 11) is 3.31. The molecule has 5 heteroatoms. The molecule has 4 nitrogen and oxygen atoms in total. The second-order valence-corrected chi connectivity index (χ2v) is 4.91. The Bertz CT molecular complexity index is 414. The lowest BCUT2D eigenvalue weighted by Crippen LogP contribution is -2.40. The van der Waals surface area contributed by atoms with Gasteiger partial charge in [-0.3, -0.25) is 4.90 Å². The molecule has 1 N–H and O–H groups in total. The largest absolute Gasteiger partial charge is 0.508 e. The summed E-state index contributed by atoms with van der Waals surface area (Å²) in [5.74, 6) is -0.462. The highest BCUT2D eigenvalue weighted by molar-refractivity contribution is 5.35. The Morgan fingerprint density at radius 3 is 2.50 bits per heavy atom. The third-order valence-electron chi connectivity index (χ3n) is 3.47. The summed E-state index contributed by atoms with van der Waals surface area (Å²) in [6.07, 6.45) is 0. The van der Waals surface area contributed by atoms with Crippen molar-refractivity contribution in [2.45, 2.75) is 25.9 Å². The molecule has 0 spiro atoms. The van der Waals surface area contributed by atoms with Crippen LogP contribution in [0, 0.1) is 5.82 Å². The quantitative estimate of drug-likeness (QED) is 0.797. The standard InChI is InChI=1S/C15H24FNO3/c1-11(10-20-4)17(7-8-19-3)12(2)14-6-5-13(16)9-15(14)18/h5-6,9,11-12,18H,7-8,10H2,1-4H3. The van der Waals surface area contributed by atoms with Gasteiger partial charge in [0.15, 0.2) is 0 Å². The molecule has 0 fully saturated rings. The number of ether oxygens (including phenoxy) is 2. The van der Waals surface area contributed by atoms with Crippen molar-refractivity contribution in [3.05, 3.63) is 29.6 Å². The van der Waals surface area contributed by atoms with Crippen molar-refractivity contribution >= 4 is 0 Å². The molecule has 20 heavy (non-hydrogen) atoms. The Hall–Kier alpha value is -1.17. The minimum Gasteiger partial charge on any atom is -0.508 e. The van der Waals surface area contributed by atoms with Crippen LogP contribution in [0.5, 0.6) is 5.75 Å². The first-order valence-corrected chi connectivity index (χ1v) is 6.73. The van der Waals surface area contributed by atoms with Gasteiger partial charge in [-0.1, -0.05) is 6.07 Å². The van der Waals surface area contributed by atoms with E-state index in [-0.39, 0.29) is 17.8 Å². The van der Waals surface area contributed by atoms with Crippen molar-refractivity contribution in [1.82, 2.24) is 4.90 Å². The Morgan fingerprint density at radius 2 is 1.95 bits per heavy atom. The van der Waals surface area contributed by atoms with Crippen molar-refractivity contribution in [3.63, 3.8) is 0 Å². The highest BCUT2D eigenvalue weighted by Gasteiger charge is 2.23. The predicted octanol–water partition coefficient (Wildman–Crippen LogP) is 2.58. The SMILES string of the molecule is COCCN(C(C)COC)C(C)c1ccc(F)cc1O. The van der Waals surface area contributed by atoms with E-state index in [9.17, 15) is 9.50 Å². The highest BCUT2D eigenvalue weighted by Crippen LogP contribution is 2.30. The number of phenols is 1. The van der Waals surface area contributed by atoms with Crippen LogP contribution in [0.1, 0.15) is 25.5 Å². The number of rotatable bonds is 8. The molecule has 0 aliphatic rings. The van der Waals surface area contributed by atoms with E-state index in [0.29, 0.717) is 25.3 Å². The lowest BCUT2D eigenvalue weighted by Gasteiger charge is -2.34. The summed E-state index contributed by atoms with van der Waals surface area (Å²) in [6, 6.07) is 4.22. The van der Waals surface area contributed by atoms with Crippen molar-refractivity contribution in [2.24, 2.45) is 0 Å². The van der Waals surface area contributed by atoms with E-state index in [2.05, 4.69) is 11.8 Å². The maximum absolute atomic E-state index is 13.1. The fourth-order valence-electron chi connectivity index (χ4n) is 2.38. The number of benzene rings is 1. The first-order valence-electron chi connectivity index (χ1n) is 6.73. The Balaban J connectivity index is 2.93. The molecule has 0 heterocycles. The van der Waals surface area contributed by atoms with Gasteiger partial charge in [0.2, 0.25) is 0 Å². The van der Waals surface area contributed by atoms with E-state index in [4.69, 9.17) is 9.47 Å². The fourth-order valence-corrected chi connectivity index (χ4v) is 2.38. The van der Waals surface area contributed by atoms with Gasteiger partial charge >= 0.3 is 0 Å². The summed E-state index contributed by atoms with van der Waals surface area (Å²) in [6.45, 7) is 5.90.